The number of aliphatic hydroxyl groups is 1. The highest BCUT2D eigenvalue weighted by molar-refractivity contribution is 5.95. The molecule has 9 heteroatoms. The molecular weight excluding hydrogens is 323 g/mol. The average molecular weight is 342 g/mol. The van der Waals surface area contributed by atoms with Crippen molar-refractivity contribution < 1.29 is 33.7 Å². The standard InChI is InChI=1S/C15H19FN2O6/c1-4-24-12(19)9-6-11(10(16)5-8(9)2)18-14(22)17-7-15(3,23)13(20)21/h5-6,23H,4,7H2,1-3H3,(H,20,21)(H2,17,18,22). The van der Waals surface area contributed by atoms with Crippen molar-refractivity contribution in [3.63, 3.8) is 0 Å². The molecule has 0 saturated carbocycles. The first-order valence-electron chi connectivity index (χ1n) is 7.06. The number of halogens is 1. The van der Waals surface area contributed by atoms with Gasteiger partial charge in [-0.25, -0.2) is 18.8 Å². The van der Waals surface area contributed by atoms with E-state index in [0.717, 1.165) is 19.1 Å². The van der Waals surface area contributed by atoms with E-state index in [1.165, 1.54) is 6.92 Å². The quantitative estimate of drug-likeness (QED) is 0.577. The molecule has 0 aromatic heterocycles. The molecule has 0 fully saturated rings. The number of urea groups is 1. The Balaban J connectivity index is 2.87. The van der Waals surface area contributed by atoms with Gasteiger partial charge in [0.15, 0.2) is 5.60 Å². The number of carboxylic acids is 1. The summed E-state index contributed by atoms with van der Waals surface area (Å²) in [5.74, 6) is -2.96. The molecule has 24 heavy (non-hydrogen) atoms. The molecule has 0 spiro atoms. The monoisotopic (exact) mass is 342 g/mol. The van der Waals surface area contributed by atoms with E-state index in [1.54, 1.807) is 6.92 Å². The first-order valence-corrected chi connectivity index (χ1v) is 7.06. The third kappa shape index (κ3) is 4.92. The largest absolute Gasteiger partial charge is 0.479 e. The van der Waals surface area contributed by atoms with Gasteiger partial charge in [-0.2, -0.15) is 0 Å². The minimum Gasteiger partial charge on any atom is -0.479 e. The average Bonchev–Trinajstić information content (AvgIpc) is 2.48. The number of benzene rings is 1. The lowest BCUT2D eigenvalue weighted by Crippen LogP contribution is -2.47. The van der Waals surface area contributed by atoms with E-state index in [9.17, 15) is 23.9 Å². The Bertz CT molecular complexity index is 660. The van der Waals surface area contributed by atoms with E-state index in [4.69, 9.17) is 9.84 Å². The second-order valence-electron chi connectivity index (χ2n) is 5.25. The second kappa shape index (κ2) is 7.73. The molecule has 132 valence electrons. The van der Waals surface area contributed by atoms with Gasteiger partial charge in [0.1, 0.15) is 5.82 Å². The molecule has 0 bridgehead atoms. The molecule has 4 N–H and O–H groups in total. The van der Waals surface area contributed by atoms with Gasteiger partial charge in [0.05, 0.1) is 24.4 Å². The summed E-state index contributed by atoms with van der Waals surface area (Å²) in [6.07, 6.45) is 0. The molecule has 1 aromatic carbocycles. The van der Waals surface area contributed by atoms with Crippen LogP contribution in [0.3, 0.4) is 0 Å². The van der Waals surface area contributed by atoms with Crippen LogP contribution in [0.2, 0.25) is 0 Å². The van der Waals surface area contributed by atoms with Crippen molar-refractivity contribution in [2.45, 2.75) is 26.4 Å². The van der Waals surface area contributed by atoms with E-state index in [2.05, 4.69) is 10.6 Å². The molecule has 0 aliphatic carbocycles. The molecule has 1 rings (SSSR count). The van der Waals surface area contributed by atoms with Crippen molar-refractivity contribution in [3.05, 3.63) is 29.1 Å². The lowest BCUT2D eigenvalue weighted by atomic mass is 10.1. The van der Waals surface area contributed by atoms with Crippen LogP contribution in [0.5, 0.6) is 0 Å². The lowest BCUT2D eigenvalue weighted by molar-refractivity contribution is -0.155. The van der Waals surface area contributed by atoms with Crippen molar-refractivity contribution in [1.82, 2.24) is 5.32 Å². The summed E-state index contributed by atoms with van der Waals surface area (Å²) >= 11 is 0. The molecule has 0 heterocycles. The van der Waals surface area contributed by atoms with Gasteiger partial charge < -0.3 is 25.6 Å². The van der Waals surface area contributed by atoms with Gasteiger partial charge in [-0.15, -0.1) is 0 Å². The zero-order valence-corrected chi connectivity index (χ0v) is 13.5. The zero-order valence-electron chi connectivity index (χ0n) is 13.5. The maximum absolute atomic E-state index is 13.9. The number of esters is 1. The maximum Gasteiger partial charge on any atom is 0.338 e. The minimum absolute atomic E-state index is 0.0890. The van der Waals surface area contributed by atoms with Crippen molar-refractivity contribution in [1.29, 1.82) is 0 Å². The molecule has 0 radical (unpaired) electrons. The molecule has 2 amide bonds. The van der Waals surface area contributed by atoms with Crippen molar-refractivity contribution >= 4 is 23.7 Å². The Hall–Kier alpha value is -2.68. The number of rotatable bonds is 6. The molecule has 0 aliphatic heterocycles. The highest BCUT2D eigenvalue weighted by atomic mass is 19.1. The first kappa shape index (κ1) is 19.4. The number of hydrogen-bond donors (Lipinski definition) is 4. The molecule has 1 unspecified atom stereocenters. The van der Waals surface area contributed by atoms with Crippen LogP contribution in [0.25, 0.3) is 0 Å². The number of carbonyl (C=O) groups excluding carboxylic acids is 2. The van der Waals surface area contributed by atoms with Crippen LogP contribution >= 0.6 is 0 Å². The molecule has 8 nitrogen and oxygen atoms in total. The van der Waals surface area contributed by atoms with Crippen LogP contribution in [0.4, 0.5) is 14.9 Å². The van der Waals surface area contributed by atoms with Gasteiger partial charge in [0.25, 0.3) is 0 Å². The van der Waals surface area contributed by atoms with Gasteiger partial charge in [-0.05, 0) is 38.5 Å². The fourth-order valence-corrected chi connectivity index (χ4v) is 1.69. The summed E-state index contributed by atoms with van der Waals surface area (Å²) in [4.78, 5) is 34.2. The Labute approximate surface area is 137 Å². The smallest absolute Gasteiger partial charge is 0.338 e. The van der Waals surface area contributed by atoms with Crippen molar-refractivity contribution in [3.8, 4) is 0 Å². The number of carbonyl (C=O) groups is 3. The van der Waals surface area contributed by atoms with Gasteiger partial charge in [-0.1, -0.05) is 0 Å². The second-order valence-corrected chi connectivity index (χ2v) is 5.25. The molecular formula is C15H19FN2O6. The predicted octanol–water partition coefficient (Wildman–Crippen LogP) is 1.27. The van der Waals surface area contributed by atoms with Crippen LogP contribution in [-0.4, -0.2) is 46.9 Å². The first-order chi connectivity index (χ1) is 11.1. The van der Waals surface area contributed by atoms with E-state index in [1.807, 2.05) is 0 Å². The number of hydrogen-bond acceptors (Lipinski definition) is 5. The summed E-state index contributed by atoms with van der Waals surface area (Å²) < 4.78 is 18.7. The van der Waals surface area contributed by atoms with Crippen LogP contribution in [-0.2, 0) is 9.53 Å². The third-order valence-electron chi connectivity index (χ3n) is 3.11. The lowest BCUT2D eigenvalue weighted by Gasteiger charge is -2.18. The summed E-state index contributed by atoms with van der Waals surface area (Å²) in [6.45, 7) is 3.69. The fraction of sp³-hybridized carbons (Fsp3) is 0.400. The third-order valence-corrected chi connectivity index (χ3v) is 3.11. The minimum atomic E-state index is -2.17. The summed E-state index contributed by atoms with van der Waals surface area (Å²) in [5, 5.41) is 22.5. The zero-order chi connectivity index (χ0) is 18.5. The number of aryl methyl sites for hydroxylation is 1. The van der Waals surface area contributed by atoms with E-state index < -0.39 is 35.9 Å². The highest BCUT2D eigenvalue weighted by Gasteiger charge is 2.30. The topological polar surface area (TPSA) is 125 Å². The Morgan fingerprint density at radius 2 is 1.96 bits per heavy atom. The van der Waals surface area contributed by atoms with Crippen LogP contribution in [0.1, 0.15) is 29.8 Å². The summed E-state index contributed by atoms with van der Waals surface area (Å²) in [7, 11) is 0. The van der Waals surface area contributed by atoms with Gasteiger partial charge in [0, 0.05) is 0 Å². The summed E-state index contributed by atoms with van der Waals surface area (Å²) in [6, 6.07) is 1.25. The number of ether oxygens (including phenoxy) is 1. The Morgan fingerprint density at radius 1 is 1.33 bits per heavy atom. The SMILES string of the molecule is CCOC(=O)c1cc(NC(=O)NCC(C)(O)C(=O)O)c(F)cc1C. The molecule has 0 saturated heterocycles. The fourth-order valence-electron chi connectivity index (χ4n) is 1.69. The molecule has 0 aliphatic rings. The normalized spacial score (nSPS) is 12.9. The molecule has 1 atom stereocenters. The van der Waals surface area contributed by atoms with Gasteiger partial charge in [-0.3, -0.25) is 0 Å². The number of anilines is 1. The number of carboxylic acid groups (broad SMARTS) is 1. The molecule has 1 aromatic rings. The number of aliphatic carboxylic acids is 1. The van der Waals surface area contributed by atoms with Crippen LogP contribution in [0.15, 0.2) is 12.1 Å². The van der Waals surface area contributed by atoms with Crippen LogP contribution < -0.4 is 10.6 Å². The Morgan fingerprint density at radius 3 is 2.50 bits per heavy atom. The maximum atomic E-state index is 13.9. The van der Waals surface area contributed by atoms with E-state index in [-0.39, 0.29) is 17.9 Å². The van der Waals surface area contributed by atoms with Gasteiger partial charge in [0.2, 0.25) is 0 Å². The number of nitrogens with one attached hydrogen (secondary N) is 2. The Kier molecular flexibility index (Phi) is 6.24. The van der Waals surface area contributed by atoms with E-state index >= 15 is 0 Å². The van der Waals surface area contributed by atoms with Crippen molar-refractivity contribution in [2.75, 3.05) is 18.5 Å². The predicted molar refractivity (Wildman–Crippen MR) is 82.4 cm³/mol. The number of amides is 2. The van der Waals surface area contributed by atoms with E-state index in [0.29, 0.717) is 5.56 Å². The van der Waals surface area contributed by atoms with Gasteiger partial charge >= 0.3 is 18.0 Å². The summed E-state index contributed by atoms with van der Waals surface area (Å²) in [5.41, 5.74) is -2.02. The van der Waals surface area contributed by atoms with Crippen molar-refractivity contribution in [2.24, 2.45) is 0 Å². The van der Waals surface area contributed by atoms with Crippen LogP contribution in [0, 0.1) is 12.7 Å². The highest BCUT2D eigenvalue weighted by Crippen LogP contribution is 2.21.